The first-order valence-corrected chi connectivity index (χ1v) is 4.27. The van der Waals surface area contributed by atoms with E-state index >= 15 is 0 Å². The summed E-state index contributed by atoms with van der Waals surface area (Å²) in [5, 5.41) is 0.423. The summed E-state index contributed by atoms with van der Waals surface area (Å²) in [7, 11) is 0. The summed E-state index contributed by atoms with van der Waals surface area (Å²) in [5.41, 5.74) is 0. The monoisotopic (exact) mass is 211 g/mol. The Balaban J connectivity index is 2.54. The van der Waals surface area contributed by atoms with Crippen molar-refractivity contribution in [2.75, 3.05) is 0 Å². The number of imide groups is 1. The molecule has 6 nitrogen and oxygen atoms in total. The van der Waals surface area contributed by atoms with Gasteiger partial charge in [-0.3, -0.25) is 14.4 Å². The van der Waals surface area contributed by atoms with E-state index in [-0.39, 0.29) is 18.6 Å². The number of ketones is 1. The summed E-state index contributed by atoms with van der Waals surface area (Å²) in [4.78, 5) is 47.9. The van der Waals surface area contributed by atoms with Crippen LogP contribution in [0.5, 0.6) is 0 Å². The van der Waals surface area contributed by atoms with Gasteiger partial charge in [0.1, 0.15) is 0 Å². The normalized spacial score (nSPS) is 16.2. The molecule has 0 aromatic rings. The molecule has 1 aliphatic heterocycles. The molecule has 0 bridgehead atoms. The van der Waals surface area contributed by atoms with E-state index in [1.165, 1.54) is 6.92 Å². The predicted molar refractivity (Wildman–Crippen MR) is 47.0 cm³/mol. The Morgan fingerprint density at radius 2 is 1.73 bits per heavy atom. The molecule has 1 aliphatic rings. The van der Waals surface area contributed by atoms with E-state index in [0.717, 1.165) is 12.2 Å². The van der Waals surface area contributed by atoms with Crippen molar-refractivity contribution in [2.24, 2.45) is 0 Å². The number of carbonyl (C=O) groups excluding carboxylic acids is 4. The maximum absolute atomic E-state index is 11.0. The van der Waals surface area contributed by atoms with E-state index < -0.39 is 17.8 Å². The van der Waals surface area contributed by atoms with Crippen LogP contribution in [0.15, 0.2) is 12.2 Å². The summed E-state index contributed by atoms with van der Waals surface area (Å²) < 4.78 is 0. The van der Waals surface area contributed by atoms with E-state index in [9.17, 15) is 19.2 Å². The first-order valence-electron chi connectivity index (χ1n) is 4.27. The maximum Gasteiger partial charge on any atom is 0.356 e. The zero-order chi connectivity index (χ0) is 11.4. The second-order valence-corrected chi connectivity index (χ2v) is 2.94. The van der Waals surface area contributed by atoms with Crippen molar-refractivity contribution in [3.05, 3.63) is 12.2 Å². The van der Waals surface area contributed by atoms with Crippen LogP contribution in [-0.4, -0.2) is 28.6 Å². The summed E-state index contributed by atoms with van der Waals surface area (Å²) in [6, 6.07) is 0. The van der Waals surface area contributed by atoms with Gasteiger partial charge in [0.2, 0.25) is 0 Å². The van der Waals surface area contributed by atoms with Crippen LogP contribution in [0.1, 0.15) is 19.8 Å². The highest BCUT2D eigenvalue weighted by atomic mass is 16.7. The van der Waals surface area contributed by atoms with Crippen molar-refractivity contribution in [3.8, 4) is 0 Å². The van der Waals surface area contributed by atoms with Crippen LogP contribution in [0.2, 0.25) is 0 Å². The molecule has 0 radical (unpaired) electrons. The average Bonchev–Trinajstić information content (AvgIpc) is 2.46. The third-order valence-corrected chi connectivity index (χ3v) is 1.64. The highest BCUT2D eigenvalue weighted by molar-refractivity contribution is 6.02. The van der Waals surface area contributed by atoms with Crippen molar-refractivity contribution in [1.29, 1.82) is 0 Å². The van der Waals surface area contributed by atoms with Crippen LogP contribution in [0.3, 0.4) is 0 Å². The molecule has 1 saturated heterocycles. The molecule has 6 heteroatoms. The Kier molecular flexibility index (Phi) is 3.33. The summed E-state index contributed by atoms with van der Waals surface area (Å²) in [6.45, 7) is 1.26. The van der Waals surface area contributed by atoms with Crippen LogP contribution in [-0.2, 0) is 24.0 Å². The fourth-order valence-corrected chi connectivity index (χ4v) is 0.964. The number of rotatable bonds is 3. The molecule has 1 heterocycles. The number of nitrogens with zero attached hydrogens (tertiary/aromatic N) is 1. The number of hydrogen-bond acceptors (Lipinski definition) is 5. The molecule has 0 saturated carbocycles. The fourth-order valence-electron chi connectivity index (χ4n) is 0.964. The largest absolute Gasteiger partial charge is 0.356 e. The van der Waals surface area contributed by atoms with E-state index in [2.05, 4.69) is 4.84 Å². The summed E-state index contributed by atoms with van der Waals surface area (Å²) in [6.07, 6.45) is 1.94. The van der Waals surface area contributed by atoms with Crippen LogP contribution >= 0.6 is 0 Å². The molecule has 0 spiro atoms. The molecule has 0 aromatic heterocycles. The van der Waals surface area contributed by atoms with E-state index in [1.54, 1.807) is 0 Å². The van der Waals surface area contributed by atoms with Gasteiger partial charge < -0.3 is 4.84 Å². The SMILES string of the molecule is CC(=O)/C=C/C(=O)ON1C(=O)CCC1=O. The van der Waals surface area contributed by atoms with E-state index in [1.807, 2.05) is 0 Å². The molecule has 15 heavy (non-hydrogen) atoms. The molecule has 80 valence electrons. The first kappa shape index (κ1) is 11.1. The third kappa shape index (κ3) is 3.01. The van der Waals surface area contributed by atoms with Crippen molar-refractivity contribution >= 4 is 23.6 Å². The van der Waals surface area contributed by atoms with Gasteiger partial charge in [0.15, 0.2) is 5.78 Å². The summed E-state index contributed by atoms with van der Waals surface area (Å²) in [5.74, 6) is -2.35. The highest BCUT2D eigenvalue weighted by Gasteiger charge is 2.32. The molecule has 0 aromatic carbocycles. The number of hydroxylamine groups is 2. The van der Waals surface area contributed by atoms with Crippen molar-refractivity contribution < 1.29 is 24.0 Å². The second kappa shape index (κ2) is 4.50. The van der Waals surface area contributed by atoms with Crippen LogP contribution < -0.4 is 0 Å². The Labute approximate surface area is 85.4 Å². The standard InChI is InChI=1S/C9H9NO5/c1-6(11)2-5-9(14)15-10-7(12)3-4-8(10)13/h2,5H,3-4H2,1H3/b5-2+. The quantitative estimate of drug-likeness (QED) is 0.474. The zero-order valence-corrected chi connectivity index (χ0v) is 8.06. The Morgan fingerprint density at radius 3 is 2.20 bits per heavy atom. The lowest BCUT2D eigenvalue weighted by molar-refractivity contribution is -0.193. The van der Waals surface area contributed by atoms with Gasteiger partial charge >= 0.3 is 5.97 Å². The Bertz CT molecular complexity index is 342. The molecular formula is C9H9NO5. The average molecular weight is 211 g/mol. The molecule has 0 unspecified atom stereocenters. The van der Waals surface area contributed by atoms with E-state index in [4.69, 9.17) is 0 Å². The van der Waals surface area contributed by atoms with Gasteiger partial charge in [-0.25, -0.2) is 4.79 Å². The fraction of sp³-hybridized carbons (Fsp3) is 0.333. The second-order valence-electron chi connectivity index (χ2n) is 2.94. The predicted octanol–water partition coefficient (Wildman–Crippen LogP) is -0.261. The molecule has 1 rings (SSSR count). The van der Waals surface area contributed by atoms with Gasteiger partial charge in [-0.2, -0.15) is 0 Å². The van der Waals surface area contributed by atoms with Crippen molar-refractivity contribution in [1.82, 2.24) is 5.06 Å². The Morgan fingerprint density at radius 1 is 1.20 bits per heavy atom. The zero-order valence-electron chi connectivity index (χ0n) is 8.06. The number of hydrogen-bond donors (Lipinski definition) is 0. The highest BCUT2D eigenvalue weighted by Crippen LogP contribution is 2.11. The lowest BCUT2D eigenvalue weighted by Gasteiger charge is -2.10. The number of amides is 2. The Hall–Kier alpha value is -1.98. The molecule has 0 atom stereocenters. The minimum absolute atomic E-state index is 0.0442. The topological polar surface area (TPSA) is 80.8 Å². The maximum atomic E-state index is 11.0. The van der Waals surface area contributed by atoms with Gasteiger partial charge in [-0.15, -0.1) is 5.06 Å². The lowest BCUT2D eigenvalue weighted by Crippen LogP contribution is -2.31. The molecule has 2 amide bonds. The van der Waals surface area contributed by atoms with Gasteiger partial charge in [-0.1, -0.05) is 0 Å². The minimum atomic E-state index is -0.922. The van der Waals surface area contributed by atoms with Crippen molar-refractivity contribution in [2.45, 2.75) is 19.8 Å². The minimum Gasteiger partial charge on any atom is -0.326 e. The lowest BCUT2D eigenvalue weighted by atomic mass is 10.4. The van der Waals surface area contributed by atoms with Gasteiger partial charge in [-0.05, 0) is 13.0 Å². The van der Waals surface area contributed by atoms with Crippen LogP contribution in [0.4, 0.5) is 0 Å². The smallest absolute Gasteiger partial charge is 0.326 e. The first-order chi connectivity index (χ1) is 7.00. The number of allylic oxidation sites excluding steroid dienone is 1. The molecule has 0 aliphatic carbocycles. The van der Waals surface area contributed by atoms with Crippen LogP contribution in [0, 0.1) is 0 Å². The summed E-state index contributed by atoms with van der Waals surface area (Å²) >= 11 is 0. The van der Waals surface area contributed by atoms with Gasteiger partial charge in [0.05, 0.1) is 0 Å². The molecule has 1 fully saturated rings. The molecular weight excluding hydrogens is 202 g/mol. The van der Waals surface area contributed by atoms with E-state index in [0.29, 0.717) is 5.06 Å². The van der Waals surface area contributed by atoms with Crippen molar-refractivity contribution in [3.63, 3.8) is 0 Å². The molecule has 0 N–H and O–H groups in total. The van der Waals surface area contributed by atoms with Gasteiger partial charge in [0.25, 0.3) is 11.8 Å². The van der Waals surface area contributed by atoms with Gasteiger partial charge in [0, 0.05) is 18.9 Å². The third-order valence-electron chi connectivity index (χ3n) is 1.64. The number of carbonyl (C=O) groups is 4. The van der Waals surface area contributed by atoms with Crippen LogP contribution in [0.25, 0.3) is 0 Å².